The first-order valence-corrected chi connectivity index (χ1v) is 10.4. The predicted molar refractivity (Wildman–Crippen MR) is 119 cm³/mol. The van der Waals surface area contributed by atoms with Crippen LogP contribution >= 0.6 is 11.8 Å². The maximum atomic E-state index is 13.4. The minimum atomic E-state index is -0.314. The van der Waals surface area contributed by atoms with Crippen LogP contribution in [0.4, 0.5) is 4.39 Å². The minimum Gasteiger partial charge on any atom is -0.335 e. The van der Waals surface area contributed by atoms with Gasteiger partial charge in [0.05, 0.1) is 11.4 Å². The Bertz CT molecular complexity index is 1040. The van der Waals surface area contributed by atoms with E-state index in [1.165, 1.54) is 23.9 Å². The van der Waals surface area contributed by atoms with Crippen molar-refractivity contribution in [3.05, 3.63) is 85.2 Å². The van der Waals surface area contributed by atoms with Crippen LogP contribution in [0.1, 0.15) is 5.56 Å². The molecule has 0 radical (unpaired) electrons. The van der Waals surface area contributed by atoms with Crippen molar-refractivity contribution < 1.29 is 9.18 Å². The smallest absolute Gasteiger partial charge is 0.233 e. The van der Waals surface area contributed by atoms with Crippen LogP contribution in [-0.4, -0.2) is 44.4 Å². The Kier molecular flexibility index (Phi) is 7.19. The fraction of sp³-hybridized carbons (Fsp3) is 0.174. The van der Waals surface area contributed by atoms with Gasteiger partial charge in [0, 0.05) is 18.7 Å². The number of amides is 1. The Morgan fingerprint density at radius 2 is 1.77 bits per heavy atom. The van der Waals surface area contributed by atoms with E-state index in [4.69, 9.17) is 0 Å². The molecule has 3 aromatic rings. The van der Waals surface area contributed by atoms with Gasteiger partial charge in [-0.3, -0.25) is 9.36 Å². The van der Waals surface area contributed by atoms with Gasteiger partial charge < -0.3 is 4.90 Å². The molecule has 3 rings (SSSR count). The maximum Gasteiger partial charge on any atom is 0.233 e. The molecule has 0 aliphatic carbocycles. The number of hydrogen-bond acceptors (Lipinski definition) is 4. The number of carbonyl (C=O) groups is 1. The average molecular weight is 423 g/mol. The van der Waals surface area contributed by atoms with E-state index in [1.54, 1.807) is 29.2 Å². The van der Waals surface area contributed by atoms with Gasteiger partial charge >= 0.3 is 0 Å². The molecule has 0 fully saturated rings. The van der Waals surface area contributed by atoms with Crippen molar-refractivity contribution in [2.45, 2.75) is 12.1 Å². The topological polar surface area (TPSA) is 51.0 Å². The van der Waals surface area contributed by atoms with Crippen molar-refractivity contribution in [2.24, 2.45) is 0 Å². The molecule has 1 aromatic heterocycles. The zero-order chi connectivity index (χ0) is 21.5. The largest absolute Gasteiger partial charge is 0.335 e. The molecule has 5 nitrogen and oxygen atoms in total. The van der Waals surface area contributed by atoms with E-state index < -0.39 is 0 Å². The summed E-state index contributed by atoms with van der Waals surface area (Å²) in [6, 6.07) is 14.0. The van der Waals surface area contributed by atoms with E-state index in [1.807, 2.05) is 35.8 Å². The summed E-state index contributed by atoms with van der Waals surface area (Å²) in [6.07, 6.45) is 3.38. The zero-order valence-corrected chi connectivity index (χ0v) is 17.6. The average Bonchev–Trinajstić information content (AvgIpc) is 3.16. The molecular weight excluding hydrogens is 399 g/mol. The quantitative estimate of drug-likeness (QED) is 0.371. The van der Waals surface area contributed by atoms with Gasteiger partial charge in [-0.2, -0.15) is 0 Å². The highest BCUT2D eigenvalue weighted by atomic mass is 32.2. The number of carbonyl (C=O) groups excluding carboxylic acids is 1. The number of benzene rings is 2. The van der Waals surface area contributed by atoms with Crippen molar-refractivity contribution in [1.29, 1.82) is 0 Å². The lowest BCUT2D eigenvalue weighted by atomic mass is 10.1. The van der Waals surface area contributed by atoms with E-state index in [2.05, 4.69) is 23.4 Å². The van der Waals surface area contributed by atoms with Crippen LogP contribution in [0.25, 0.3) is 17.1 Å². The van der Waals surface area contributed by atoms with Gasteiger partial charge in [0.1, 0.15) is 5.82 Å². The van der Waals surface area contributed by atoms with Crippen LogP contribution < -0.4 is 0 Å². The summed E-state index contributed by atoms with van der Waals surface area (Å²) in [5.41, 5.74) is 2.69. The first kappa shape index (κ1) is 21.5. The van der Waals surface area contributed by atoms with Gasteiger partial charge in [0.2, 0.25) is 5.91 Å². The highest BCUT2D eigenvalue weighted by Crippen LogP contribution is 2.29. The third kappa shape index (κ3) is 4.86. The second-order valence-corrected chi connectivity index (χ2v) is 7.54. The molecule has 1 heterocycles. The fourth-order valence-electron chi connectivity index (χ4n) is 2.99. The number of aromatic nitrogens is 3. The molecule has 0 bridgehead atoms. The lowest BCUT2D eigenvalue weighted by Gasteiger charge is -2.19. The van der Waals surface area contributed by atoms with Gasteiger partial charge in [-0.05, 0) is 42.8 Å². The van der Waals surface area contributed by atoms with Gasteiger partial charge in [-0.1, -0.05) is 42.1 Å². The number of thioether (sulfide) groups is 1. The summed E-state index contributed by atoms with van der Waals surface area (Å²) >= 11 is 1.31. The van der Waals surface area contributed by atoms with Crippen LogP contribution in [0, 0.1) is 12.7 Å². The van der Waals surface area contributed by atoms with Gasteiger partial charge in [-0.15, -0.1) is 23.4 Å². The minimum absolute atomic E-state index is 0.0394. The summed E-state index contributed by atoms with van der Waals surface area (Å²) in [7, 11) is 0. The summed E-state index contributed by atoms with van der Waals surface area (Å²) in [4.78, 5) is 14.3. The van der Waals surface area contributed by atoms with Crippen molar-refractivity contribution in [3.63, 3.8) is 0 Å². The molecule has 30 heavy (non-hydrogen) atoms. The molecule has 0 aliphatic rings. The molecule has 0 spiro atoms. The normalized spacial score (nSPS) is 10.6. The Hall–Kier alpha value is -3.19. The molecule has 2 aromatic carbocycles. The number of aryl methyl sites for hydroxylation is 1. The Morgan fingerprint density at radius 3 is 2.40 bits per heavy atom. The summed E-state index contributed by atoms with van der Waals surface area (Å²) in [5, 5.41) is 9.26. The molecule has 7 heteroatoms. The Labute approximate surface area is 179 Å². The molecule has 0 aliphatic heterocycles. The zero-order valence-electron chi connectivity index (χ0n) is 16.8. The molecule has 0 atom stereocenters. The second-order valence-electron chi connectivity index (χ2n) is 6.60. The van der Waals surface area contributed by atoms with Crippen LogP contribution in [0.3, 0.4) is 0 Å². The molecule has 0 N–H and O–H groups in total. The van der Waals surface area contributed by atoms with E-state index in [-0.39, 0.29) is 17.5 Å². The summed E-state index contributed by atoms with van der Waals surface area (Å²) < 4.78 is 15.3. The maximum absolute atomic E-state index is 13.4. The van der Waals surface area contributed by atoms with Gasteiger partial charge in [0.25, 0.3) is 0 Å². The SMILES string of the molecule is C=CCN(CC=C)C(=O)CSc1nnc(-c2ccc(F)cc2)n1-c1ccccc1C. The summed E-state index contributed by atoms with van der Waals surface area (Å²) in [5.74, 6) is 0.441. The lowest BCUT2D eigenvalue weighted by Crippen LogP contribution is -2.32. The standard InChI is InChI=1S/C23H23FN4OS/c1-4-14-27(15-5-2)21(29)16-30-23-26-25-22(18-10-12-19(24)13-11-18)28(23)20-9-7-6-8-17(20)3/h4-13H,1-2,14-16H2,3H3. The first-order valence-electron chi connectivity index (χ1n) is 9.45. The molecule has 0 saturated heterocycles. The van der Waals surface area contributed by atoms with Crippen molar-refractivity contribution >= 4 is 17.7 Å². The first-order chi connectivity index (χ1) is 14.5. The van der Waals surface area contributed by atoms with Crippen molar-refractivity contribution in [3.8, 4) is 17.1 Å². The molecule has 0 unspecified atom stereocenters. The summed E-state index contributed by atoms with van der Waals surface area (Å²) in [6.45, 7) is 10.3. The van der Waals surface area contributed by atoms with Gasteiger partial charge in [0.15, 0.2) is 11.0 Å². The van der Waals surface area contributed by atoms with Crippen LogP contribution in [0.2, 0.25) is 0 Å². The third-order valence-corrected chi connectivity index (χ3v) is 5.38. The molecule has 1 amide bonds. The second kappa shape index (κ2) is 10.0. The lowest BCUT2D eigenvalue weighted by molar-refractivity contribution is -0.127. The monoisotopic (exact) mass is 422 g/mol. The van der Waals surface area contributed by atoms with Gasteiger partial charge in [-0.25, -0.2) is 4.39 Å². The number of rotatable bonds is 9. The van der Waals surface area contributed by atoms with E-state index in [9.17, 15) is 9.18 Å². The molecular formula is C23H23FN4OS. The Balaban J connectivity index is 1.96. The number of halogens is 1. The highest BCUT2D eigenvalue weighted by Gasteiger charge is 2.19. The van der Waals surface area contributed by atoms with Crippen LogP contribution in [-0.2, 0) is 4.79 Å². The van der Waals surface area contributed by atoms with E-state index in [0.29, 0.717) is 24.1 Å². The third-order valence-electron chi connectivity index (χ3n) is 4.47. The number of para-hydroxylation sites is 1. The Morgan fingerprint density at radius 1 is 1.10 bits per heavy atom. The van der Waals surface area contributed by atoms with Crippen molar-refractivity contribution in [2.75, 3.05) is 18.8 Å². The highest BCUT2D eigenvalue weighted by molar-refractivity contribution is 7.99. The van der Waals surface area contributed by atoms with Crippen molar-refractivity contribution in [1.82, 2.24) is 19.7 Å². The number of nitrogens with zero attached hydrogens (tertiary/aromatic N) is 4. The molecule has 0 saturated carbocycles. The van der Waals surface area contributed by atoms with E-state index in [0.717, 1.165) is 16.8 Å². The molecule has 154 valence electrons. The predicted octanol–water partition coefficient (Wildman–Crippen LogP) is 4.67. The fourth-order valence-corrected chi connectivity index (χ4v) is 3.84. The van der Waals surface area contributed by atoms with Crippen LogP contribution in [0.15, 0.2) is 79.0 Å². The van der Waals surface area contributed by atoms with Crippen LogP contribution in [0.5, 0.6) is 0 Å². The van der Waals surface area contributed by atoms with E-state index >= 15 is 0 Å². The number of hydrogen-bond donors (Lipinski definition) is 0.